The van der Waals surface area contributed by atoms with Crippen molar-refractivity contribution in [2.24, 2.45) is 0 Å². The van der Waals surface area contributed by atoms with Crippen molar-refractivity contribution in [1.29, 1.82) is 5.26 Å². The first kappa shape index (κ1) is 44.1. The van der Waals surface area contributed by atoms with Gasteiger partial charge in [-0.15, -0.1) is 47.5 Å². The molecule has 5 aromatic carbocycles. The summed E-state index contributed by atoms with van der Waals surface area (Å²) in [5.41, 5.74) is 9.63. The Morgan fingerprint density at radius 1 is 0.833 bits per heavy atom. The minimum atomic E-state index is -2.50. The summed E-state index contributed by atoms with van der Waals surface area (Å²) in [7, 11) is -1.30. The number of oxazole rings is 1. The number of aromatic nitrogens is 4. The molecule has 0 fully saturated rings. The minimum absolute atomic E-state index is 0. The van der Waals surface area contributed by atoms with Crippen molar-refractivity contribution in [2.75, 3.05) is 0 Å². The zero-order valence-electron chi connectivity index (χ0n) is 43.0. The van der Waals surface area contributed by atoms with Gasteiger partial charge in [0.2, 0.25) is 5.89 Å². The van der Waals surface area contributed by atoms with Gasteiger partial charge in [-0.25, -0.2) is 4.98 Å². The quantitative estimate of drug-likeness (QED) is 0.122. The zero-order chi connectivity index (χ0) is 49.4. The van der Waals surface area contributed by atoms with E-state index in [0.717, 1.165) is 28.0 Å². The van der Waals surface area contributed by atoms with Crippen LogP contribution in [-0.4, -0.2) is 27.6 Å². The molecule has 9 rings (SSSR count). The summed E-state index contributed by atoms with van der Waals surface area (Å²) in [5, 5.41) is 12.7. The molecule has 0 N–H and O–H groups in total. The van der Waals surface area contributed by atoms with E-state index in [9.17, 15) is 9.65 Å². The maximum absolute atomic E-state index is 12.8. The molecule has 0 aliphatic carbocycles. The van der Waals surface area contributed by atoms with Crippen LogP contribution in [0.15, 0.2) is 93.9 Å². The number of furan rings is 1. The number of nitriles is 1. The van der Waals surface area contributed by atoms with Gasteiger partial charge < -0.3 is 18.4 Å². The van der Waals surface area contributed by atoms with Crippen molar-refractivity contribution in [3.05, 3.63) is 137 Å². The SMILES string of the molecule is C[Si](C)(C)c1ccc(-c2[c-]cc(F)cc2)nc1.[2H]C([2H])([2H])c1c[c-]c(-c2nc3ccccc3n2-c2c(C(C)C)cc(C(C)(C)C)cc2C(C)C)c2oc3c(C#N)c4nc(C(C)(C)C)oc4cc3c12.[Ir]. The number of para-hydroxylation sites is 2. The molecule has 0 saturated heterocycles. The van der Waals surface area contributed by atoms with E-state index in [2.05, 4.69) is 120 Å². The fourth-order valence-corrected chi connectivity index (χ4v) is 9.20. The maximum Gasteiger partial charge on any atom is 0.200 e. The normalized spacial score (nSPS) is 13.2. The fourth-order valence-electron chi connectivity index (χ4n) is 8.16. The summed E-state index contributed by atoms with van der Waals surface area (Å²) in [6.45, 7) is 25.9. The van der Waals surface area contributed by atoms with Crippen molar-refractivity contribution in [3.63, 3.8) is 0 Å². The molecule has 0 unspecified atom stereocenters. The summed E-state index contributed by atoms with van der Waals surface area (Å²) >= 11 is 0. The van der Waals surface area contributed by atoms with Crippen LogP contribution in [0.25, 0.3) is 72.4 Å². The van der Waals surface area contributed by atoms with Gasteiger partial charge >= 0.3 is 0 Å². The van der Waals surface area contributed by atoms with E-state index in [1.165, 1.54) is 40.1 Å². The number of hydrogen-bond acceptors (Lipinski definition) is 6. The zero-order valence-corrected chi connectivity index (χ0v) is 43.4. The molecule has 0 atom stereocenters. The number of pyridine rings is 1. The van der Waals surface area contributed by atoms with Gasteiger partial charge in [-0.1, -0.05) is 143 Å². The largest absolute Gasteiger partial charge is 0.499 e. The van der Waals surface area contributed by atoms with Crippen molar-refractivity contribution < 1.29 is 37.4 Å². The number of aryl methyl sites for hydroxylation is 1. The Hall–Kier alpha value is -5.72. The molecule has 9 aromatic rings. The van der Waals surface area contributed by atoms with Gasteiger partial charge in [0.15, 0.2) is 5.58 Å². The molecular weight excluding hydrogens is 1010 g/mol. The second-order valence-electron chi connectivity index (χ2n) is 20.7. The van der Waals surface area contributed by atoms with E-state index in [-0.39, 0.29) is 59.9 Å². The Labute approximate surface area is 407 Å². The van der Waals surface area contributed by atoms with Crippen molar-refractivity contribution in [3.8, 4) is 34.4 Å². The molecule has 4 heterocycles. The molecule has 0 amide bonds. The van der Waals surface area contributed by atoms with E-state index in [0.29, 0.717) is 44.7 Å². The molecule has 1 radical (unpaired) electrons. The molecule has 4 aromatic heterocycles. The van der Waals surface area contributed by atoms with Crippen LogP contribution in [0, 0.1) is 36.1 Å². The minimum Gasteiger partial charge on any atom is -0.499 e. The second-order valence-corrected chi connectivity index (χ2v) is 25.7. The first-order valence-corrected chi connectivity index (χ1v) is 25.7. The first-order chi connectivity index (χ1) is 31.8. The molecule has 7 nitrogen and oxygen atoms in total. The molecule has 0 aliphatic heterocycles. The van der Waals surface area contributed by atoms with Gasteiger partial charge in [0.25, 0.3) is 0 Å². The Balaban J connectivity index is 0.000000329. The number of halogens is 1. The molecule has 0 spiro atoms. The van der Waals surface area contributed by atoms with Crippen LogP contribution in [0.5, 0.6) is 0 Å². The molecule has 0 aliphatic rings. The summed E-state index contributed by atoms with van der Waals surface area (Å²) in [4.78, 5) is 14.3. The third-order valence-corrected chi connectivity index (χ3v) is 13.9. The smallest absolute Gasteiger partial charge is 0.200 e. The summed E-state index contributed by atoms with van der Waals surface area (Å²) in [6, 6.07) is 33.0. The van der Waals surface area contributed by atoms with E-state index in [1.807, 2.05) is 51.2 Å². The molecular formula is C56H58FIrN5O2Si-2. The van der Waals surface area contributed by atoms with Crippen LogP contribution in [0.4, 0.5) is 4.39 Å². The third kappa shape index (κ3) is 8.93. The van der Waals surface area contributed by atoms with Gasteiger partial charge in [-0.05, 0) is 63.0 Å². The predicted octanol–water partition coefficient (Wildman–Crippen LogP) is 14.8. The summed E-state index contributed by atoms with van der Waals surface area (Å²) in [6.07, 6.45) is 1.93. The maximum atomic E-state index is 12.8. The topological polar surface area (TPSA) is 93.7 Å². The van der Waals surface area contributed by atoms with Crippen LogP contribution in [-0.2, 0) is 30.9 Å². The molecule has 10 heteroatoms. The number of hydrogen-bond donors (Lipinski definition) is 0. The number of benzene rings is 5. The van der Waals surface area contributed by atoms with E-state index < -0.39 is 20.3 Å². The average Bonchev–Trinajstić information content (AvgIpc) is 3.98. The monoisotopic (exact) mass is 1080 g/mol. The van der Waals surface area contributed by atoms with Gasteiger partial charge in [0, 0.05) is 52.7 Å². The Morgan fingerprint density at radius 2 is 1.53 bits per heavy atom. The number of imidazole rings is 1. The number of nitrogens with zero attached hydrogens (tertiary/aromatic N) is 5. The molecule has 341 valence electrons. The third-order valence-electron chi connectivity index (χ3n) is 11.9. The van der Waals surface area contributed by atoms with Crippen LogP contribution in [0.1, 0.15) is 119 Å². The fraction of sp³-hybridized carbons (Fsp3) is 0.321. The van der Waals surface area contributed by atoms with Crippen molar-refractivity contribution in [1.82, 2.24) is 19.5 Å². The summed E-state index contributed by atoms with van der Waals surface area (Å²) in [5.74, 6) is 1.14. The van der Waals surface area contributed by atoms with Crippen molar-refractivity contribution in [2.45, 2.75) is 118 Å². The van der Waals surface area contributed by atoms with Crippen LogP contribution in [0.2, 0.25) is 19.6 Å². The Morgan fingerprint density at radius 3 is 2.09 bits per heavy atom. The second kappa shape index (κ2) is 17.8. The van der Waals surface area contributed by atoms with Gasteiger partial charge in [0.1, 0.15) is 22.7 Å². The number of rotatable bonds is 6. The van der Waals surface area contributed by atoms with E-state index >= 15 is 0 Å². The predicted molar refractivity (Wildman–Crippen MR) is 267 cm³/mol. The molecule has 0 bridgehead atoms. The average molecular weight is 1080 g/mol. The van der Waals surface area contributed by atoms with Crippen LogP contribution >= 0.6 is 0 Å². The van der Waals surface area contributed by atoms with Gasteiger partial charge in [0.05, 0.1) is 30.5 Å². The molecule has 0 saturated carbocycles. The first-order valence-electron chi connectivity index (χ1n) is 23.7. The molecule has 66 heavy (non-hydrogen) atoms. The Kier molecular flexibility index (Phi) is 11.9. The standard InChI is InChI=1S/C42H43N4O2.C14H15FNSi.Ir/c1-22(2)27-18-25(41(6,7)8)19-28(23(3)4)36(27)46-32-15-13-12-14-31(32)44-39(46)26-17-16-24(5)34-29-20-33-35(45-40(47-33)42(9,10)11)30(21-43)37(29)48-38(26)34;1-17(2,3)13-8-9-14(16-10-13)11-4-6-12(15)7-5-11;/h12-16,18-20,22-23H,1-11H3;4,6-10H,1-3H3;/q2*-1;/i5D3;;. The van der Waals surface area contributed by atoms with Crippen LogP contribution in [0.3, 0.4) is 0 Å². The van der Waals surface area contributed by atoms with E-state index in [4.69, 9.17) is 22.9 Å². The van der Waals surface area contributed by atoms with Crippen molar-refractivity contribution >= 4 is 57.3 Å². The Bertz CT molecular complexity index is 3390. The van der Waals surface area contributed by atoms with Gasteiger partial charge in [-0.2, -0.15) is 5.26 Å². The van der Waals surface area contributed by atoms with Crippen LogP contribution < -0.4 is 5.19 Å². The summed E-state index contributed by atoms with van der Waals surface area (Å²) < 4.78 is 53.4. The number of fused-ring (bicyclic) bond motifs is 5. The van der Waals surface area contributed by atoms with E-state index in [1.54, 1.807) is 12.1 Å². The van der Waals surface area contributed by atoms with Gasteiger partial charge in [-0.3, -0.25) is 9.37 Å².